The van der Waals surface area contributed by atoms with Gasteiger partial charge in [0.05, 0.1) is 30.7 Å². The number of rotatable bonds is 5. The van der Waals surface area contributed by atoms with Crippen LogP contribution in [0.25, 0.3) is 11.3 Å². The van der Waals surface area contributed by atoms with Gasteiger partial charge in [-0.05, 0) is 18.2 Å². The molecule has 0 radical (unpaired) electrons. The zero-order valence-corrected chi connectivity index (χ0v) is 14.3. The highest BCUT2D eigenvalue weighted by atomic mass is 35.5. The Morgan fingerprint density at radius 2 is 1.72 bits per heavy atom. The molecule has 0 aliphatic carbocycles. The molecule has 7 nitrogen and oxygen atoms in total. The SMILES string of the molecule is O=c1ccc(-c2ccc(Cl)cc2)nn1C1CN(CCn2nccn2)C1. The molecule has 128 valence electrons. The lowest BCUT2D eigenvalue weighted by Crippen LogP contribution is -2.51. The maximum Gasteiger partial charge on any atom is 0.267 e. The predicted molar refractivity (Wildman–Crippen MR) is 94.4 cm³/mol. The molecule has 25 heavy (non-hydrogen) atoms. The fourth-order valence-corrected chi connectivity index (χ4v) is 3.06. The number of hydrogen-bond acceptors (Lipinski definition) is 5. The monoisotopic (exact) mass is 356 g/mol. The second-order valence-corrected chi connectivity index (χ2v) is 6.48. The molecule has 8 heteroatoms. The Morgan fingerprint density at radius 1 is 1.00 bits per heavy atom. The Morgan fingerprint density at radius 3 is 2.44 bits per heavy atom. The van der Waals surface area contributed by atoms with E-state index in [2.05, 4.69) is 20.2 Å². The van der Waals surface area contributed by atoms with E-state index >= 15 is 0 Å². The Balaban J connectivity index is 1.43. The van der Waals surface area contributed by atoms with E-state index in [-0.39, 0.29) is 11.6 Å². The standard InChI is InChI=1S/C17H17ClN6O/c18-14-3-1-13(2-4-14)16-5-6-17(25)24(21-16)15-11-22(12-15)9-10-23-19-7-8-20-23/h1-8,15H,9-12H2. The van der Waals surface area contributed by atoms with Crippen LogP contribution in [0.4, 0.5) is 0 Å². The highest BCUT2D eigenvalue weighted by molar-refractivity contribution is 6.30. The molecular formula is C17H17ClN6O. The van der Waals surface area contributed by atoms with Crippen molar-refractivity contribution in [2.75, 3.05) is 19.6 Å². The van der Waals surface area contributed by atoms with Crippen LogP contribution in [0.3, 0.4) is 0 Å². The van der Waals surface area contributed by atoms with Crippen molar-refractivity contribution in [3.05, 3.63) is 64.2 Å². The third-order valence-electron chi connectivity index (χ3n) is 4.33. The molecule has 1 aliphatic rings. The lowest BCUT2D eigenvalue weighted by Gasteiger charge is -2.39. The van der Waals surface area contributed by atoms with E-state index < -0.39 is 0 Å². The Kier molecular flexibility index (Phi) is 4.33. The van der Waals surface area contributed by atoms with Crippen LogP contribution in [0, 0.1) is 0 Å². The zero-order chi connectivity index (χ0) is 17.2. The summed E-state index contributed by atoms with van der Waals surface area (Å²) in [6.07, 6.45) is 3.34. The van der Waals surface area contributed by atoms with Crippen molar-refractivity contribution in [1.82, 2.24) is 29.7 Å². The maximum atomic E-state index is 12.2. The summed E-state index contributed by atoms with van der Waals surface area (Å²) >= 11 is 5.93. The van der Waals surface area contributed by atoms with E-state index in [1.165, 1.54) is 0 Å². The average molecular weight is 357 g/mol. The van der Waals surface area contributed by atoms with Crippen LogP contribution in [-0.2, 0) is 6.54 Å². The second-order valence-electron chi connectivity index (χ2n) is 6.05. The van der Waals surface area contributed by atoms with Gasteiger partial charge in [-0.3, -0.25) is 9.69 Å². The number of hydrogen-bond donors (Lipinski definition) is 0. The van der Waals surface area contributed by atoms with Gasteiger partial charge in [-0.15, -0.1) is 0 Å². The summed E-state index contributed by atoms with van der Waals surface area (Å²) in [4.78, 5) is 16.1. The Bertz CT molecular complexity index is 900. The van der Waals surface area contributed by atoms with Crippen LogP contribution in [0.1, 0.15) is 6.04 Å². The summed E-state index contributed by atoms with van der Waals surface area (Å²) < 4.78 is 1.59. The van der Waals surface area contributed by atoms with E-state index in [0.29, 0.717) is 5.02 Å². The van der Waals surface area contributed by atoms with Crippen LogP contribution >= 0.6 is 11.6 Å². The number of benzene rings is 1. The lowest BCUT2D eigenvalue weighted by molar-refractivity contribution is 0.0888. The topological polar surface area (TPSA) is 68.8 Å². The molecule has 3 heterocycles. The third-order valence-corrected chi connectivity index (χ3v) is 4.58. The van der Waals surface area contributed by atoms with E-state index in [0.717, 1.165) is 37.4 Å². The fourth-order valence-electron chi connectivity index (χ4n) is 2.93. The van der Waals surface area contributed by atoms with Crippen molar-refractivity contribution in [2.24, 2.45) is 0 Å². The van der Waals surface area contributed by atoms with E-state index in [4.69, 9.17) is 11.6 Å². The molecule has 1 fully saturated rings. The normalized spacial score (nSPS) is 15.2. The molecule has 0 atom stereocenters. The second kappa shape index (κ2) is 6.78. The first kappa shape index (κ1) is 16.0. The first-order valence-corrected chi connectivity index (χ1v) is 8.49. The molecule has 0 amide bonds. The molecule has 1 saturated heterocycles. The molecule has 0 unspecified atom stereocenters. The molecule has 0 bridgehead atoms. The predicted octanol–water partition coefficient (Wildman–Crippen LogP) is 1.71. The minimum Gasteiger partial charge on any atom is -0.297 e. The molecule has 0 N–H and O–H groups in total. The van der Waals surface area contributed by atoms with E-state index in [1.807, 2.05) is 24.3 Å². The van der Waals surface area contributed by atoms with Gasteiger partial charge in [0, 0.05) is 36.3 Å². The molecular weight excluding hydrogens is 340 g/mol. The zero-order valence-electron chi connectivity index (χ0n) is 13.5. The van der Waals surface area contributed by atoms with Crippen molar-refractivity contribution in [2.45, 2.75) is 12.6 Å². The minimum atomic E-state index is -0.0730. The van der Waals surface area contributed by atoms with Crippen molar-refractivity contribution in [1.29, 1.82) is 0 Å². The molecule has 0 spiro atoms. The average Bonchev–Trinajstić information content (AvgIpc) is 3.09. The molecule has 2 aromatic heterocycles. The highest BCUT2D eigenvalue weighted by Gasteiger charge is 2.29. The van der Waals surface area contributed by atoms with Crippen LogP contribution in [0.15, 0.2) is 53.6 Å². The highest BCUT2D eigenvalue weighted by Crippen LogP contribution is 2.22. The van der Waals surface area contributed by atoms with Crippen LogP contribution in [-0.4, -0.2) is 49.3 Å². The van der Waals surface area contributed by atoms with E-state index in [1.54, 1.807) is 34.0 Å². The van der Waals surface area contributed by atoms with Crippen molar-refractivity contribution >= 4 is 11.6 Å². The lowest BCUT2D eigenvalue weighted by atomic mass is 10.1. The van der Waals surface area contributed by atoms with Gasteiger partial charge in [-0.1, -0.05) is 23.7 Å². The van der Waals surface area contributed by atoms with Gasteiger partial charge in [-0.25, -0.2) is 4.68 Å². The van der Waals surface area contributed by atoms with E-state index in [9.17, 15) is 4.79 Å². The summed E-state index contributed by atoms with van der Waals surface area (Å²) in [5.41, 5.74) is 1.64. The molecule has 1 aromatic carbocycles. The quantitative estimate of drug-likeness (QED) is 0.696. The minimum absolute atomic E-state index is 0.0730. The maximum absolute atomic E-state index is 12.2. The Hall–Kier alpha value is -2.51. The van der Waals surface area contributed by atoms with Gasteiger partial charge in [0.1, 0.15) is 0 Å². The largest absolute Gasteiger partial charge is 0.297 e. The summed E-state index contributed by atoms with van der Waals surface area (Å²) in [5.74, 6) is 0. The van der Waals surface area contributed by atoms with Gasteiger partial charge in [0.2, 0.25) is 0 Å². The van der Waals surface area contributed by atoms with Gasteiger partial charge < -0.3 is 0 Å². The molecule has 3 aromatic rings. The van der Waals surface area contributed by atoms with Crippen LogP contribution < -0.4 is 5.56 Å². The smallest absolute Gasteiger partial charge is 0.267 e. The van der Waals surface area contributed by atoms with Crippen LogP contribution in [0.2, 0.25) is 5.02 Å². The summed E-state index contributed by atoms with van der Waals surface area (Å²) in [6, 6.07) is 10.9. The number of halogens is 1. The Labute approximate surface area is 149 Å². The first-order valence-electron chi connectivity index (χ1n) is 8.11. The number of likely N-dealkylation sites (tertiary alicyclic amines) is 1. The van der Waals surface area contributed by atoms with Crippen molar-refractivity contribution in [3.63, 3.8) is 0 Å². The van der Waals surface area contributed by atoms with Crippen LogP contribution in [0.5, 0.6) is 0 Å². The van der Waals surface area contributed by atoms with Gasteiger partial charge in [0.25, 0.3) is 5.56 Å². The van der Waals surface area contributed by atoms with Gasteiger partial charge >= 0.3 is 0 Å². The summed E-state index contributed by atoms with van der Waals surface area (Å²) in [6.45, 7) is 3.21. The molecule has 0 saturated carbocycles. The van der Waals surface area contributed by atoms with Gasteiger partial charge in [-0.2, -0.15) is 20.1 Å². The fraction of sp³-hybridized carbons (Fsp3) is 0.294. The first-order chi connectivity index (χ1) is 12.2. The summed E-state index contributed by atoms with van der Waals surface area (Å²) in [5, 5.41) is 13.4. The number of aromatic nitrogens is 5. The third kappa shape index (κ3) is 3.47. The van der Waals surface area contributed by atoms with Gasteiger partial charge in [0.15, 0.2) is 0 Å². The van der Waals surface area contributed by atoms with Crippen molar-refractivity contribution in [3.8, 4) is 11.3 Å². The summed E-state index contributed by atoms with van der Waals surface area (Å²) in [7, 11) is 0. The molecule has 4 rings (SSSR count). The number of nitrogens with zero attached hydrogens (tertiary/aromatic N) is 6. The molecule has 1 aliphatic heterocycles. The van der Waals surface area contributed by atoms with Crippen molar-refractivity contribution < 1.29 is 0 Å².